The highest BCUT2D eigenvalue weighted by atomic mass is 16.3. The van der Waals surface area contributed by atoms with Gasteiger partial charge < -0.3 is 14.6 Å². The quantitative estimate of drug-likeness (QED) is 0.625. The third-order valence-corrected chi connectivity index (χ3v) is 4.68. The number of carbonyl (C=O) groups is 1. The van der Waals surface area contributed by atoms with Gasteiger partial charge in [-0.15, -0.1) is 0 Å². The molecule has 1 aromatic heterocycles. The third-order valence-electron chi connectivity index (χ3n) is 4.68. The molecule has 126 valence electrons. The lowest BCUT2D eigenvalue weighted by molar-refractivity contribution is 0.104. The van der Waals surface area contributed by atoms with E-state index in [0.29, 0.717) is 46.2 Å². The molecule has 0 fully saturated rings. The Labute approximate surface area is 144 Å². The first-order valence-corrected chi connectivity index (χ1v) is 8.17. The number of hydrogen-bond acceptors (Lipinski definition) is 4. The summed E-state index contributed by atoms with van der Waals surface area (Å²) in [5.74, 6) is -0.0953. The molecule has 0 radical (unpaired) electrons. The molecule has 5 heteroatoms. The van der Waals surface area contributed by atoms with Gasteiger partial charge in [-0.3, -0.25) is 9.59 Å². The van der Waals surface area contributed by atoms with Crippen molar-refractivity contribution >= 4 is 16.6 Å². The fraction of sp³-hybridized carbons (Fsp3) is 0.200. The average molecular weight is 334 g/mol. The van der Waals surface area contributed by atoms with Crippen LogP contribution in [0, 0.1) is 0 Å². The van der Waals surface area contributed by atoms with Crippen LogP contribution in [-0.4, -0.2) is 41.0 Å². The fourth-order valence-corrected chi connectivity index (χ4v) is 3.48. The fourth-order valence-electron chi connectivity index (χ4n) is 3.48. The Kier molecular flexibility index (Phi) is 3.47. The van der Waals surface area contributed by atoms with Crippen LogP contribution < -0.4 is 5.56 Å². The first kappa shape index (κ1) is 15.6. The van der Waals surface area contributed by atoms with E-state index in [1.54, 1.807) is 22.8 Å². The standard InChI is InChI=1S/C20H18N2O3/c1-21(2)9-10-22-18-14-8-7-12(23)11-16(14)19(24)17(18)13-5-3-4-6-15(13)20(22)25/h3-8,11,23H,9-10H2,1-2H3. The molecule has 1 aliphatic carbocycles. The number of ketones is 1. The molecule has 0 spiro atoms. The predicted octanol–water partition coefficient (Wildman–Crippen LogP) is 2.48. The maximum atomic E-state index is 13.1. The SMILES string of the molecule is CN(C)CCn1c2c(c3ccccc3c1=O)C(=O)c1cc(O)ccc1-2. The van der Waals surface area contributed by atoms with Crippen LogP contribution in [0.25, 0.3) is 22.0 Å². The number of rotatable bonds is 3. The lowest BCUT2D eigenvalue weighted by Gasteiger charge is -2.17. The molecule has 1 heterocycles. The minimum atomic E-state index is -0.143. The van der Waals surface area contributed by atoms with E-state index in [9.17, 15) is 14.7 Å². The van der Waals surface area contributed by atoms with Gasteiger partial charge in [0.05, 0.1) is 11.3 Å². The van der Waals surface area contributed by atoms with Gasteiger partial charge >= 0.3 is 0 Å². The monoisotopic (exact) mass is 334 g/mol. The van der Waals surface area contributed by atoms with E-state index in [1.165, 1.54) is 6.07 Å². The van der Waals surface area contributed by atoms with Gasteiger partial charge in [-0.1, -0.05) is 18.2 Å². The highest BCUT2D eigenvalue weighted by molar-refractivity contribution is 6.26. The van der Waals surface area contributed by atoms with Crippen LogP contribution in [-0.2, 0) is 6.54 Å². The average Bonchev–Trinajstić information content (AvgIpc) is 2.87. The van der Waals surface area contributed by atoms with E-state index in [2.05, 4.69) is 0 Å². The first-order valence-electron chi connectivity index (χ1n) is 8.17. The molecule has 25 heavy (non-hydrogen) atoms. The zero-order valence-electron chi connectivity index (χ0n) is 14.1. The van der Waals surface area contributed by atoms with Crippen LogP contribution in [0.3, 0.4) is 0 Å². The van der Waals surface area contributed by atoms with Crippen LogP contribution in [0.15, 0.2) is 47.3 Å². The van der Waals surface area contributed by atoms with Crippen molar-refractivity contribution in [3.8, 4) is 17.0 Å². The lowest BCUT2D eigenvalue weighted by atomic mass is 10.0. The molecule has 0 amide bonds. The molecule has 1 N–H and O–H groups in total. The Bertz CT molecular complexity index is 1080. The zero-order valence-corrected chi connectivity index (χ0v) is 14.1. The van der Waals surface area contributed by atoms with Crippen molar-refractivity contribution in [2.75, 3.05) is 20.6 Å². The van der Waals surface area contributed by atoms with E-state index in [0.717, 1.165) is 0 Å². The maximum Gasteiger partial charge on any atom is 0.258 e. The first-order chi connectivity index (χ1) is 12.0. The van der Waals surface area contributed by atoms with Gasteiger partial charge in [0.1, 0.15) is 5.75 Å². The number of fused-ring (bicyclic) bond motifs is 5. The topological polar surface area (TPSA) is 62.5 Å². The van der Waals surface area contributed by atoms with E-state index in [4.69, 9.17) is 0 Å². The second-order valence-corrected chi connectivity index (χ2v) is 6.59. The summed E-state index contributed by atoms with van der Waals surface area (Å²) in [6.45, 7) is 1.18. The number of benzene rings is 2. The summed E-state index contributed by atoms with van der Waals surface area (Å²) in [7, 11) is 3.90. The van der Waals surface area contributed by atoms with Crippen molar-refractivity contribution in [3.63, 3.8) is 0 Å². The summed E-state index contributed by atoms with van der Waals surface area (Å²) in [6, 6.07) is 12.0. The van der Waals surface area contributed by atoms with Crippen molar-refractivity contribution in [3.05, 3.63) is 63.9 Å². The van der Waals surface area contributed by atoms with Gasteiger partial charge in [0, 0.05) is 35.0 Å². The molecule has 0 saturated carbocycles. The van der Waals surface area contributed by atoms with Crippen molar-refractivity contribution in [1.82, 2.24) is 9.47 Å². The summed E-state index contributed by atoms with van der Waals surface area (Å²) >= 11 is 0. The second kappa shape index (κ2) is 5.57. The maximum absolute atomic E-state index is 13.1. The summed E-state index contributed by atoms with van der Waals surface area (Å²) in [5, 5.41) is 11.0. The van der Waals surface area contributed by atoms with Crippen molar-refractivity contribution in [2.45, 2.75) is 6.54 Å². The Balaban J connectivity index is 2.11. The summed E-state index contributed by atoms with van der Waals surface area (Å²) in [6.07, 6.45) is 0. The molecule has 0 saturated heterocycles. The number of carbonyl (C=O) groups excluding carboxylic acids is 1. The molecule has 3 aromatic rings. The van der Waals surface area contributed by atoms with E-state index >= 15 is 0 Å². The van der Waals surface area contributed by atoms with Crippen LogP contribution in [0.5, 0.6) is 5.75 Å². The minimum absolute atomic E-state index is 0.0476. The predicted molar refractivity (Wildman–Crippen MR) is 97.3 cm³/mol. The van der Waals surface area contributed by atoms with Crippen LogP contribution in [0.4, 0.5) is 0 Å². The molecule has 1 aliphatic rings. The van der Waals surface area contributed by atoms with Gasteiger partial charge in [-0.25, -0.2) is 0 Å². The summed E-state index contributed by atoms with van der Waals surface area (Å²) < 4.78 is 1.69. The second-order valence-electron chi connectivity index (χ2n) is 6.59. The molecule has 2 aromatic carbocycles. The van der Waals surface area contributed by atoms with E-state index in [-0.39, 0.29) is 17.1 Å². The van der Waals surface area contributed by atoms with Crippen LogP contribution in [0.2, 0.25) is 0 Å². The van der Waals surface area contributed by atoms with Crippen molar-refractivity contribution < 1.29 is 9.90 Å². The molecule has 0 unspecified atom stereocenters. The van der Waals surface area contributed by atoms with Crippen molar-refractivity contribution in [1.29, 1.82) is 0 Å². The lowest BCUT2D eigenvalue weighted by Crippen LogP contribution is -2.28. The van der Waals surface area contributed by atoms with Gasteiger partial charge in [0.15, 0.2) is 5.78 Å². The van der Waals surface area contributed by atoms with Gasteiger partial charge in [-0.05, 0) is 38.4 Å². The van der Waals surface area contributed by atoms with Crippen LogP contribution in [0.1, 0.15) is 15.9 Å². The number of pyridine rings is 1. The Morgan fingerprint density at radius 1 is 1.00 bits per heavy atom. The molecule has 0 atom stereocenters. The summed E-state index contributed by atoms with van der Waals surface area (Å²) in [5.41, 5.74) is 2.27. The Hall–Kier alpha value is -2.92. The van der Waals surface area contributed by atoms with E-state index < -0.39 is 0 Å². The molecule has 4 rings (SSSR count). The number of aromatic hydroxyl groups is 1. The molecular formula is C20H18N2O3. The third kappa shape index (κ3) is 2.27. The van der Waals surface area contributed by atoms with Gasteiger partial charge in [0.2, 0.25) is 0 Å². The highest BCUT2D eigenvalue weighted by Gasteiger charge is 2.32. The number of nitrogens with zero attached hydrogens (tertiary/aromatic N) is 2. The largest absolute Gasteiger partial charge is 0.508 e. The minimum Gasteiger partial charge on any atom is -0.508 e. The number of hydrogen-bond donors (Lipinski definition) is 1. The van der Waals surface area contributed by atoms with Gasteiger partial charge in [0.25, 0.3) is 5.56 Å². The van der Waals surface area contributed by atoms with Crippen molar-refractivity contribution in [2.24, 2.45) is 0 Å². The highest BCUT2D eigenvalue weighted by Crippen LogP contribution is 2.40. The van der Waals surface area contributed by atoms with E-state index in [1.807, 2.05) is 37.2 Å². The zero-order chi connectivity index (χ0) is 17.7. The molecule has 5 nitrogen and oxygen atoms in total. The Morgan fingerprint density at radius 3 is 2.44 bits per heavy atom. The Morgan fingerprint density at radius 2 is 1.72 bits per heavy atom. The van der Waals surface area contributed by atoms with Gasteiger partial charge in [-0.2, -0.15) is 0 Å². The molecule has 0 bridgehead atoms. The molecular weight excluding hydrogens is 316 g/mol. The summed E-state index contributed by atoms with van der Waals surface area (Å²) in [4.78, 5) is 28.1. The number of phenols is 1. The smallest absolute Gasteiger partial charge is 0.258 e. The van der Waals surface area contributed by atoms with Crippen LogP contribution >= 0.6 is 0 Å². The number of phenolic OH excluding ortho intramolecular Hbond substituents is 1. The molecule has 0 aliphatic heterocycles. The number of aromatic nitrogens is 1. The number of likely N-dealkylation sites (N-methyl/N-ethyl adjacent to an activating group) is 1. The normalized spacial score (nSPS) is 12.7.